The van der Waals surface area contributed by atoms with E-state index in [0.717, 1.165) is 28.2 Å². The number of rotatable bonds is 4. The van der Waals surface area contributed by atoms with E-state index in [1.807, 2.05) is 54.6 Å². The van der Waals surface area contributed by atoms with Gasteiger partial charge in [0.05, 0.1) is 17.1 Å². The maximum absolute atomic E-state index is 5.06. The van der Waals surface area contributed by atoms with Gasteiger partial charge in [0.15, 0.2) is 5.82 Å². The Morgan fingerprint density at radius 2 is 1.16 bits per heavy atom. The smallest absolute Gasteiger partial charge is 0.160 e. The Kier molecular flexibility index (Phi) is 5.80. The van der Waals surface area contributed by atoms with E-state index in [2.05, 4.69) is 97.7 Å². The third-order valence-electron chi connectivity index (χ3n) is 8.72. The molecule has 0 bridgehead atoms. The van der Waals surface area contributed by atoms with Gasteiger partial charge in [0.1, 0.15) is 0 Å². The van der Waals surface area contributed by atoms with Gasteiger partial charge in [0.2, 0.25) is 0 Å². The summed E-state index contributed by atoms with van der Waals surface area (Å²) in [6, 6.07) is 47.0. The molecule has 0 amide bonds. The number of hydrogen-bond acceptors (Lipinski definition) is 3. The summed E-state index contributed by atoms with van der Waals surface area (Å²) in [5.74, 6) is 0.687. The highest BCUT2D eigenvalue weighted by Gasteiger charge is 2.37. The SMILES string of the molecule is CC1(C)c2cc3ccccc3cc2-c2c(-c3cccc(-c4cc(-c5ccccn5)nc(-c5ccccc5)n4)c3)cccc21. The van der Waals surface area contributed by atoms with Crippen LogP contribution >= 0.6 is 0 Å². The first kappa shape index (κ1) is 25.3. The van der Waals surface area contributed by atoms with E-state index >= 15 is 0 Å². The van der Waals surface area contributed by atoms with Crippen molar-refractivity contribution in [2.75, 3.05) is 0 Å². The van der Waals surface area contributed by atoms with Crippen molar-refractivity contribution >= 4 is 10.8 Å². The minimum atomic E-state index is -0.0862. The van der Waals surface area contributed by atoms with Crippen LogP contribution in [-0.4, -0.2) is 15.0 Å². The highest BCUT2D eigenvalue weighted by molar-refractivity contribution is 5.98. The van der Waals surface area contributed by atoms with Crippen molar-refractivity contribution in [3.63, 3.8) is 0 Å². The average Bonchev–Trinajstić information content (AvgIpc) is 3.30. The van der Waals surface area contributed by atoms with Crippen LogP contribution in [0.2, 0.25) is 0 Å². The largest absolute Gasteiger partial charge is 0.255 e. The van der Waals surface area contributed by atoms with Crippen molar-refractivity contribution in [1.82, 2.24) is 15.0 Å². The maximum Gasteiger partial charge on any atom is 0.160 e. The van der Waals surface area contributed by atoms with Crippen LogP contribution in [0.15, 0.2) is 140 Å². The minimum Gasteiger partial charge on any atom is -0.255 e. The fraction of sp³-hybridized carbons (Fsp3) is 0.0750. The number of hydrogen-bond donors (Lipinski definition) is 0. The second-order valence-corrected chi connectivity index (χ2v) is 11.7. The van der Waals surface area contributed by atoms with Crippen LogP contribution < -0.4 is 0 Å². The summed E-state index contributed by atoms with van der Waals surface area (Å²) in [7, 11) is 0. The monoisotopic (exact) mass is 551 g/mol. The molecule has 43 heavy (non-hydrogen) atoms. The standard InChI is InChI=1S/C40H29N3/c1-40(2)33-19-11-18-31(38(33)32-23-27-14-6-7-15-28(27)24-34(32)40)29-16-10-17-30(22-29)36-25-37(35-20-8-9-21-41-35)43-39(42-36)26-12-4-3-5-13-26/h3-25H,1-2H3. The van der Waals surface area contributed by atoms with Crippen LogP contribution in [0.3, 0.4) is 0 Å². The zero-order valence-corrected chi connectivity index (χ0v) is 24.1. The molecule has 0 saturated heterocycles. The number of aromatic nitrogens is 3. The molecule has 0 aliphatic heterocycles. The molecule has 2 heterocycles. The van der Waals surface area contributed by atoms with Crippen LogP contribution in [0, 0.1) is 0 Å². The lowest BCUT2D eigenvalue weighted by atomic mass is 9.81. The van der Waals surface area contributed by atoms with Crippen molar-refractivity contribution in [2.45, 2.75) is 19.3 Å². The zero-order chi connectivity index (χ0) is 29.0. The fourth-order valence-electron chi connectivity index (χ4n) is 6.52. The summed E-state index contributed by atoms with van der Waals surface area (Å²) in [4.78, 5) is 14.6. The van der Waals surface area contributed by atoms with E-state index in [0.29, 0.717) is 5.82 Å². The molecule has 204 valence electrons. The number of nitrogens with zero attached hydrogens (tertiary/aromatic N) is 3. The first-order chi connectivity index (χ1) is 21.1. The molecule has 0 radical (unpaired) electrons. The molecule has 5 aromatic carbocycles. The Morgan fingerprint density at radius 3 is 1.98 bits per heavy atom. The van der Waals surface area contributed by atoms with Gasteiger partial charge in [-0.3, -0.25) is 4.98 Å². The number of benzene rings is 5. The Hall–Kier alpha value is -5.41. The lowest BCUT2D eigenvalue weighted by molar-refractivity contribution is 0.661. The molecular weight excluding hydrogens is 522 g/mol. The van der Waals surface area contributed by atoms with Crippen LogP contribution in [0.4, 0.5) is 0 Å². The molecule has 3 nitrogen and oxygen atoms in total. The quantitative estimate of drug-likeness (QED) is 0.218. The van der Waals surface area contributed by atoms with E-state index in [1.54, 1.807) is 6.20 Å². The second kappa shape index (κ2) is 9.85. The summed E-state index contributed by atoms with van der Waals surface area (Å²) < 4.78 is 0. The van der Waals surface area contributed by atoms with E-state index in [1.165, 1.54) is 44.2 Å². The molecule has 2 aromatic heterocycles. The lowest BCUT2D eigenvalue weighted by Gasteiger charge is -2.22. The topological polar surface area (TPSA) is 38.7 Å². The predicted molar refractivity (Wildman–Crippen MR) is 177 cm³/mol. The lowest BCUT2D eigenvalue weighted by Crippen LogP contribution is -2.14. The van der Waals surface area contributed by atoms with Gasteiger partial charge in [-0.25, -0.2) is 9.97 Å². The van der Waals surface area contributed by atoms with Crippen molar-refractivity contribution in [3.8, 4) is 56.3 Å². The third kappa shape index (κ3) is 4.24. The molecule has 0 N–H and O–H groups in total. The van der Waals surface area contributed by atoms with Gasteiger partial charge in [-0.05, 0) is 80.6 Å². The van der Waals surface area contributed by atoms with Gasteiger partial charge in [-0.15, -0.1) is 0 Å². The van der Waals surface area contributed by atoms with Gasteiger partial charge in [0, 0.05) is 22.7 Å². The maximum atomic E-state index is 5.06. The van der Waals surface area contributed by atoms with Crippen molar-refractivity contribution in [2.24, 2.45) is 0 Å². The Balaban J connectivity index is 1.30. The molecular formula is C40H29N3. The summed E-state index contributed by atoms with van der Waals surface area (Å²) in [6.45, 7) is 4.69. The van der Waals surface area contributed by atoms with Gasteiger partial charge < -0.3 is 0 Å². The normalized spacial score (nSPS) is 13.1. The van der Waals surface area contributed by atoms with Crippen LogP contribution in [-0.2, 0) is 5.41 Å². The molecule has 7 aromatic rings. The van der Waals surface area contributed by atoms with Crippen LogP contribution in [0.5, 0.6) is 0 Å². The van der Waals surface area contributed by atoms with E-state index in [9.17, 15) is 0 Å². The van der Waals surface area contributed by atoms with E-state index in [4.69, 9.17) is 9.97 Å². The molecule has 8 rings (SSSR count). The van der Waals surface area contributed by atoms with Crippen molar-refractivity contribution in [3.05, 3.63) is 151 Å². The molecule has 0 spiro atoms. The van der Waals surface area contributed by atoms with E-state index in [-0.39, 0.29) is 5.41 Å². The van der Waals surface area contributed by atoms with Crippen molar-refractivity contribution in [1.29, 1.82) is 0 Å². The highest BCUT2D eigenvalue weighted by atomic mass is 14.9. The molecule has 1 aliphatic rings. The fourth-order valence-corrected chi connectivity index (χ4v) is 6.52. The van der Waals surface area contributed by atoms with Gasteiger partial charge >= 0.3 is 0 Å². The highest BCUT2D eigenvalue weighted by Crippen LogP contribution is 2.53. The molecule has 0 fully saturated rings. The summed E-state index contributed by atoms with van der Waals surface area (Å²) in [5.41, 5.74) is 12.2. The van der Waals surface area contributed by atoms with E-state index < -0.39 is 0 Å². The predicted octanol–water partition coefficient (Wildman–Crippen LogP) is 10.00. The van der Waals surface area contributed by atoms with Crippen molar-refractivity contribution < 1.29 is 0 Å². The minimum absolute atomic E-state index is 0.0862. The molecule has 0 saturated carbocycles. The van der Waals surface area contributed by atoms with Gasteiger partial charge in [-0.1, -0.05) is 111 Å². The molecule has 0 atom stereocenters. The number of fused-ring (bicyclic) bond motifs is 4. The first-order valence-corrected chi connectivity index (χ1v) is 14.7. The number of pyridine rings is 1. The summed E-state index contributed by atoms with van der Waals surface area (Å²) in [5, 5.41) is 2.55. The van der Waals surface area contributed by atoms with Gasteiger partial charge in [0.25, 0.3) is 0 Å². The zero-order valence-electron chi connectivity index (χ0n) is 24.1. The molecule has 1 aliphatic carbocycles. The van der Waals surface area contributed by atoms with Crippen LogP contribution in [0.1, 0.15) is 25.0 Å². The second-order valence-electron chi connectivity index (χ2n) is 11.7. The molecule has 3 heteroatoms. The Morgan fingerprint density at radius 1 is 0.465 bits per heavy atom. The third-order valence-corrected chi connectivity index (χ3v) is 8.72. The molecule has 0 unspecified atom stereocenters. The summed E-state index contributed by atoms with van der Waals surface area (Å²) in [6.07, 6.45) is 1.80. The Bertz CT molecular complexity index is 2090. The van der Waals surface area contributed by atoms with Crippen LogP contribution in [0.25, 0.3) is 67.1 Å². The average molecular weight is 552 g/mol. The van der Waals surface area contributed by atoms with Gasteiger partial charge in [-0.2, -0.15) is 0 Å². The Labute approximate surface area is 251 Å². The summed E-state index contributed by atoms with van der Waals surface area (Å²) >= 11 is 0. The first-order valence-electron chi connectivity index (χ1n) is 14.7.